The fourth-order valence-electron chi connectivity index (χ4n) is 2.49. The van der Waals surface area contributed by atoms with Crippen LogP contribution in [0, 0.1) is 17.8 Å². The number of hydrogen-bond donors (Lipinski definition) is 2. The SMILES string of the molecule is COCCC(N)C(=O)NCC(C1CC1)C1CC1. The minimum Gasteiger partial charge on any atom is -0.385 e. The Balaban J connectivity index is 1.67. The van der Waals surface area contributed by atoms with Crippen LogP contribution in [-0.4, -0.2) is 32.2 Å². The minimum atomic E-state index is -0.422. The average molecular weight is 240 g/mol. The van der Waals surface area contributed by atoms with Gasteiger partial charge in [0.1, 0.15) is 0 Å². The van der Waals surface area contributed by atoms with Gasteiger partial charge in [-0.3, -0.25) is 4.79 Å². The van der Waals surface area contributed by atoms with E-state index >= 15 is 0 Å². The molecule has 2 aliphatic rings. The molecule has 0 aromatic rings. The summed E-state index contributed by atoms with van der Waals surface area (Å²) in [5, 5.41) is 3.01. The Labute approximate surface area is 103 Å². The molecule has 98 valence electrons. The third-order valence-electron chi connectivity index (χ3n) is 3.94. The molecule has 0 radical (unpaired) electrons. The average Bonchev–Trinajstić information content (AvgIpc) is 3.15. The summed E-state index contributed by atoms with van der Waals surface area (Å²) in [6.45, 7) is 1.37. The molecule has 2 aliphatic carbocycles. The smallest absolute Gasteiger partial charge is 0.237 e. The molecule has 0 aliphatic heterocycles. The van der Waals surface area contributed by atoms with Crippen molar-refractivity contribution in [3.05, 3.63) is 0 Å². The van der Waals surface area contributed by atoms with Gasteiger partial charge in [0.15, 0.2) is 0 Å². The zero-order chi connectivity index (χ0) is 12.3. The minimum absolute atomic E-state index is 0.0200. The Kier molecular flexibility index (Phi) is 4.40. The van der Waals surface area contributed by atoms with Crippen LogP contribution in [0.4, 0.5) is 0 Å². The topological polar surface area (TPSA) is 64.3 Å². The van der Waals surface area contributed by atoms with Crippen LogP contribution in [0.25, 0.3) is 0 Å². The highest BCUT2D eigenvalue weighted by Crippen LogP contribution is 2.48. The third-order valence-corrected chi connectivity index (χ3v) is 3.94. The lowest BCUT2D eigenvalue weighted by atomic mass is 9.98. The number of nitrogens with two attached hydrogens (primary N) is 1. The van der Waals surface area contributed by atoms with E-state index in [1.165, 1.54) is 25.7 Å². The van der Waals surface area contributed by atoms with Crippen LogP contribution in [0.15, 0.2) is 0 Å². The van der Waals surface area contributed by atoms with Crippen LogP contribution in [0.2, 0.25) is 0 Å². The summed E-state index contributed by atoms with van der Waals surface area (Å²) < 4.78 is 4.92. The van der Waals surface area contributed by atoms with E-state index in [1.807, 2.05) is 0 Å². The van der Waals surface area contributed by atoms with E-state index in [0.717, 1.165) is 18.4 Å². The molecule has 0 aromatic heterocycles. The summed E-state index contributed by atoms with van der Waals surface area (Å²) in [5.41, 5.74) is 5.78. The Morgan fingerprint density at radius 3 is 2.41 bits per heavy atom. The fraction of sp³-hybridized carbons (Fsp3) is 0.923. The maximum absolute atomic E-state index is 11.7. The highest BCUT2D eigenvalue weighted by Gasteiger charge is 2.41. The largest absolute Gasteiger partial charge is 0.385 e. The second kappa shape index (κ2) is 5.83. The molecule has 0 aromatic carbocycles. The van der Waals surface area contributed by atoms with Crippen LogP contribution in [0.3, 0.4) is 0 Å². The Bertz CT molecular complexity index is 250. The standard InChI is InChI=1S/C13H24N2O2/c1-17-7-6-12(14)13(16)15-8-11(9-2-3-9)10-4-5-10/h9-12H,2-8,14H2,1H3,(H,15,16). The summed E-state index contributed by atoms with van der Waals surface area (Å²) in [7, 11) is 1.63. The number of hydrogen-bond acceptors (Lipinski definition) is 3. The summed E-state index contributed by atoms with van der Waals surface area (Å²) in [5.74, 6) is 2.44. The van der Waals surface area contributed by atoms with Crippen molar-refractivity contribution in [3.63, 3.8) is 0 Å². The molecule has 2 fully saturated rings. The van der Waals surface area contributed by atoms with Crippen LogP contribution >= 0.6 is 0 Å². The molecule has 3 N–H and O–H groups in total. The van der Waals surface area contributed by atoms with Gasteiger partial charge in [0.05, 0.1) is 6.04 Å². The monoisotopic (exact) mass is 240 g/mol. The van der Waals surface area contributed by atoms with Crippen molar-refractivity contribution in [1.29, 1.82) is 0 Å². The van der Waals surface area contributed by atoms with E-state index in [9.17, 15) is 4.79 Å². The second-order valence-corrected chi connectivity index (χ2v) is 5.47. The predicted molar refractivity (Wildman–Crippen MR) is 66.4 cm³/mol. The van der Waals surface area contributed by atoms with Gasteiger partial charge in [0.2, 0.25) is 5.91 Å². The highest BCUT2D eigenvalue weighted by atomic mass is 16.5. The van der Waals surface area contributed by atoms with Gasteiger partial charge in [-0.25, -0.2) is 0 Å². The van der Waals surface area contributed by atoms with E-state index in [4.69, 9.17) is 10.5 Å². The van der Waals surface area contributed by atoms with E-state index in [0.29, 0.717) is 18.9 Å². The zero-order valence-electron chi connectivity index (χ0n) is 10.7. The molecule has 2 rings (SSSR count). The van der Waals surface area contributed by atoms with Crippen molar-refractivity contribution < 1.29 is 9.53 Å². The van der Waals surface area contributed by atoms with Gasteiger partial charge in [-0.15, -0.1) is 0 Å². The van der Waals surface area contributed by atoms with Gasteiger partial charge in [-0.1, -0.05) is 0 Å². The number of methoxy groups -OCH3 is 1. The Hall–Kier alpha value is -0.610. The molecule has 1 atom stereocenters. The van der Waals surface area contributed by atoms with E-state index in [-0.39, 0.29) is 5.91 Å². The van der Waals surface area contributed by atoms with Gasteiger partial charge in [0.25, 0.3) is 0 Å². The number of carbonyl (C=O) groups excluding carboxylic acids is 1. The molecule has 1 amide bonds. The van der Waals surface area contributed by atoms with E-state index in [1.54, 1.807) is 7.11 Å². The predicted octanol–water partition coefficient (Wildman–Crippen LogP) is 0.903. The molecule has 0 bridgehead atoms. The molecular formula is C13H24N2O2. The van der Waals surface area contributed by atoms with Gasteiger partial charge in [-0.2, -0.15) is 0 Å². The third kappa shape index (κ3) is 3.96. The highest BCUT2D eigenvalue weighted by molar-refractivity contribution is 5.81. The summed E-state index contributed by atoms with van der Waals surface area (Å²) in [4.78, 5) is 11.7. The lowest BCUT2D eigenvalue weighted by Gasteiger charge is -2.18. The van der Waals surface area contributed by atoms with Gasteiger partial charge in [-0.05, 0) is 49.9 Å². The summed E-state index contributed by atoms with van der Waals surface area (Å²) >= 11 is 0. The van der Waals surface area contributed by atoms with E-state index in [2.05, 4.69) is 5.32 Å². The Morgan fingerprint density at radius 2 is 1.94 bits per heavy atom. The van der Waals surface area contributed by atoms with Crippen LogP contribution < -0.4 is 11.1 Å². The van der Waals surface area contributed by atoms with Crippen molar-refractivity contribution >= 4 is 5.91 Å². The first-order valence-corrected chi connectivity index (χ1v) is 6.74. The number of ether oxygens (including phenoxy) is 1. The van der Waals surface area contributed by atoms with Crippen molar-refractivity contribution in [2.45, 2.75) is 38.1 Å². The zero-order valence-corrected chi connectivity index (χ0v) is 10.7. The van der Waals surface area contributed by atoms with Crippen molar-refractivity contribution in [2.75, 3.05) is 20.3 Å². The quantitative estimate of drug-likeness (QED) is 0.662. The van der Waals surface area contributed by atoms with Gasteiger partial charge < -0.3 is 15.8 Å². The Morgan fingerprint density at radius 1 is 1.35 bits per heavy atom. The maximum atomic E-state index is 11.7. The number of amides is 1. The van der Waals surface area contributed by atoms with E-state index < -0.39 is 6.04 Å². The van der Waals surface area contributed by atoms with Crippen molar-refractivity contribution in [1.82, 2.24) is 5.32 Å². The molecule has 0 spiro atoms. The molecule has 4 nitrogen and oxygen atoms in total. The number of carbonyl (C=O) groups is 1. The van der Waals surface area contributed by atoms with Crippen molar-refractivity contribution in [2.24, 2.45) is 23.5 Å². The molecule has 2 saturated carbocycles. The molecule has 0 saturated heterocycles. The molecule has 17 heavy (non-hydrogen) atoms. The molecule has 1 unspecified atom stereocenters. The normalized spacial score (nSPS) is 21.6. The first kappa shape index (κ1) is 12.8. The number of rotatable bonds is 8. The lowest BCUT2D eigenvalue weighted by molar-refractivity contribution is -0.123. The van der Waals surface area contributed by atoms with Gasteiger partial charge in [0, 0.05) is 20.3 Å². The second-order valence-electron chi connectivity index (χ2n) is 5.47. The molecule has 0 heterocycles. The van der Waals surface area contributed by atoms with Crippen molar-refractivity contribution in [3.8, 4) is 0 Å². The van der Waals surface area contributed by atoms with Crippen LogP contribution in [-0.2, 0) is 9.53 Å². The molecule has 4 heteroatoms. The maximum Gasteiger partial charge on any atom is 0.237 e. The number of nitrogens with one attached hydrogen (secondary N) is 1. The van der Waals surface area contributed by atoms with Gasteiger partial charge >= 0.3 is 0 Å². The van der Waals surface area contributed by atoms with Crippen LogP contribution in [0.5, 0.6) is 0 Å². The first-order valence-electron chi connectivity index (χ1n) is 6.74. The first-order chi connectivity index (χ1) is 8.22. The lowest BCUT2D eigenvalue weighted by Crippen LogP contribution is -2.43. The summed E-state index contributed by atoms with van der Waals surface area (Å²) in [6, 6.07) is -0.422. The fourth-order valence-corrected chi connectivity index (χ4v) is 2.49. The molecular weight excluding hydrogens is 216 g/mol. The summed E-state index contributed by atoms with van der Waals surface area (Å²) in [6.07, 6.45) is 6.01. The van der Waals surface area contributed by atoms with Crippen LogP contribution in [0.1, 0.15) is 32.1 Å².